The summed E-state index contributed by atoms with van der Waals surface area (Å²) in [6.07, 6.45) is 2.39. The summed E-state index contributed by atoms with van der Waals surface area (Å²) in [7, 11) is 3.36. The first-order chi connectivity index (χ1) is 14.1. The Morgan fingerprint density at radius 3 is 2.73 bits per heavy atom. The van der Waals surface area contributed by atoms with Crippen molar-refractivity contribution >= 4 is 47.4 Å². The molecule has 0 atom stereocenters. The number of thiophene rings is 1. The number of aliphatic imine (C=N–C) groups is 1. The van der Waals surface area contributed by atoms with Crippen LogP contribution in [0, 0.1) is 6.92 Å². The van der Waals surface area contributed by atoms with Crippen LogP contribution in [0.2, 0.25) is 0 Å². The number of ether oxygens (including phenoxy) is 1. The first kappa shape index (κ1) is 24.4. The third-order valence-electron chi connectivity index (χ3n) is 5.07. The molecular formula is C19H30IN7O2S. The fourth-order valence-corrected chi connectivity index (χ4v) is 3.89. The van der Waals surface area contributed by atoms with Crippen molar-refractivity contribution in [3.05, 3.63) is 34.0 Å². The Kier molecular flexibility index (Phi) is 9.82. The molecule has 30 heavy (non-hydrogen) atoms. The third-order valence-corrected chi connectivity index (χ3v) is 6.01. The summed E-state index contributed by atoms with van der Waals surface area (Å²) in [6, 6.07) is 4.46. The Hall–Kier alpha value is -1.89. The van der Waals surface area contributed by atoms with E-state index in [4.69, 9.17) is 9.73 Å². The number of methoxy groups -OCH3 is 1. The van der Waals surface area contributed by atoms with E-state index in [2.05, 4.69) is 38.3 Å². The van der Waals surface area contributed by atoms with Gasteiger partial charge in [0.25, 0.3) is 0 Å². The zero-order chi connectivity index (χ0) is 20.6. The topological polar surface area (TPSA) is 96.7 Å². The fourth-order valence-electron chi connectivity index (χ4n) is 3.18. The minimum Gasteiger partial charge on any atom is -0.453 e. The lowest BCUT2D eigenvalue weighted by Crippen LogP contribution is -2.50. The van der Waals surface area contributed by atoms with Gasteiger partial charge in [0.15, 0.2) is 11.8 Å². The number of amides is 1. The molecule has 2 aromatic rings. The van der Waals surface area contributed by atoms with Crippen LogP contribution in [0.4, 0.5) is 4.79 Å². The lowest BCUT2D eigenvalue weighted by molar-refractivity contribution is 0.111. The van der Waals surface area contributed by atoms with Gasteiger partial charge < -0.3 is 24.8 Å². The molecule has 1 aliphatic heterocycles. The van der Waals surface area contributed by atoms with E-state index in [1.54, 1.807) is 16.2 Å². The Labute approximate surface area is 198 Å². The van der Waals surface area contributed by atoms with Crippen molar-refractivity contribution in [2.45, 2.75) is 38.8 Å². The molecule has 1 fully saturated rings. The van der Waals surface area contributed by atoms with Crippen LogP contribution in [-0.4, -0.2) is 64.5 Å². The Morgan fingerprint density at radius 2 is 2.13 bits per heavy atom. The third kappa shape index (κ3) is 6.83. The number of hydrogen-bond acceptors (Lipinski definition) is 6. The SMILES string of the molecule is COC(=O)N1CCC(NC(=NCc2nnc(C)n2C)NCCc2cccs2)CC1.I. The maximum absolute atomic E-state index is 11.7. The highest BCUT2D eigenvalue weighted by atomic mass is 127. The highest BCUT2D eigenvalue weighted by Crippen LogP contribution is 2.12. The van der Waals surface area contributed by atoms with Gasteiger partial charge in [0.2, 0.25) is 0 Å². The summed E-state index contributed by atoms with van der Waals surface area (Å²) < 4.78 is 6.76. The van der Waals surface area contributed by atoms with E-state index in [1.807, 2.05) is 18.5 Å². The molecule has 166 valence electrons. The van der Waals surface area contributed by atoms with Crippen molar-refractivity contribution in [3.8, 4) is 0 Å². The molecule has 9 nitrogen and oxygen atoms in total. The smallest absolute Gasteiger partial charge is 0.409 e. The van der Waals surface area contributed by atoms with Crippen LogP contribution in [0.25, 0.3) is 0 Å². The van der Waals surface area contributed by atoms with Crippen LogP contribution in [0.3, 0.4) is 0 Å². The largest absolute Gasteiger partial charge is 0.453 e. The van der Waals surface area contributed by atoms with E-state index < -0.39 is 0 Å². The molecule has 3 rings (SSSR count). The molecule has 0 unspecified atom stereocenters. The monoisotopic (exact) mass is 547 g/mol. The van der Waals surface area contributed by atoms with Gasteiger partial charge in [0, 0.05) is 37.6 Å². The highest BCUT2D eigenvalue weighted by Gasteiger charge is 2.23. The number of halogens is 1. The summed E-state index contributed by atoms with van der Waals surface area (Å²) in [5, 5.41) is 17.3. The number of aromatic nitrogens is 3. The molecule has 2 aromatic heterocycles. The quantitative estimate of drug-likeness (QED) is 0.328. The van der Waals surface area contributed by atoms with Crippen LogP contribution in [0.1, 0.15) is 29.4 Å². The minimum atomic E-state index is -0.260. The molecule has 0 bridgehead atoms. The lowest BCUT2D eigenvalue weighted by Gasteiger charge is -2.32. The number of nitrogens with one attached hydrogen (secondary N) is 2. The van der Waals surface area contributed by atoms with Gasteiger partial charge in [-0.1, -0.05) is 6.07 Å². The molecular weight excluding hydrogens is 517 g/mol. The summed E-state index contributed by atoms with van der Waals surface area (Å²) in [6.45, 7) is 4.52. The average molecular weight is 547 g/mol. The minimum absolute atomic E-state index is 0. The second kappa shape index (κ2) is 12.1. The van der Waals surface area contributed by atoms with E-state index >= 15 is 0 Å². The van der Waals surface area contributed by atoms with Gasteiger partial charge in [-0.05, 0) is 37.6 Å². The molecule has 1 aliphatic rings. The normalized spacial score (nSPS) is 14.9. The van der Waals surface area contributed by atoms with Crippen molar-refractivity contribution < 1.29 is 9.53 Å². The van der Waals surface area contributed by atoms with Crippen LogP contribution >= 0.6 is 35.3 Å². The van der Waals surface area contributed by atoms with Crippen LogP contribution in [-0.2, 0) is 24.8 Å². The van der Waals surface area contributed by atoms with Gasteiger partial charge in [-0.15, -0.1) is 45.5 Å². The van der Waals surface area contributed by atoms with E-state index in [-0.39, 0.29) is 36.1 Å². The van der Waals surface area contributed by atoms with Gasteiger partial charge >= 0.3 is 6.09 Å². The summed E-state index contributed by atoms with van der Waals surface area (Å²) >= 11 is 1.76. The first-order valence-electron chi connectivity index (χ1n) is 9.82. The van der Waals surface area contributed by atoms with Crippen molar-refractivity contribution in [2.75, 3.05) is 26.7 Å². The fraction of sp³-hybridized carbons (Fsp3) is 0.579. The Bertz CT molecular complexity index is 817. The Balaban J connectivity index is 0.00000320. The number of aryl methyl sites for hydroxylation is 1. The van der Waals surface area contributed by atoms with Crippen LogP contribution in [0.5, 0.6) is 0 Å². The standard InChI is InChI=1S/C19H29N7O2S.HI/c1-14-23-24-17(25(14)2)13-21-18(20-9-6-16-5-4-12-29-16)22-15-7-10-26(11-8-15)19(27)28-3;/h4-5,12,15H,6-11,13H2,1-3H3,(H2,20,21,22);1H. The van der Waals surface area contributed by atoms with E-state index in [1.165, 1.54) is 12.0 Å². The van der Waals surface area contributed by atoms with Crippen LogP contribution in [0.15, 0.2) is 22.5 Å². The van der Waals surface area contributed by atoms with E-state index in [9.17, 15) is 4.79 Å². The number of likely N-dealkylation sites (tertiary alicyclic amines) is 1. The van der Waals surface area contributed by atoms with Gasteiger partial charge in [0.1, 0.15) is 12.4 Å². The highest BCUT2D eigenvalue weighted by molar-refractivity contribution is 14.0. The number of carbonyl (C=O) groups is 1. The summed E-state index contributed by atoms with van der Waals surface area (Å²) in [5.41, 5.74) is 0. The molecule has 0 aliphatic carbocycles. The number of guanidine groups is 1. The number of hydrogen-bond donors (Lipinski definition) is 2. The lowest BCUT2D eigenvalue weighted by atomic mass is 10.1. The van der Waals surface area contributed by atoms with Crippen LogP contribution < -0.4 is 10.6 Å². The maximum atomic E-state index is 11.7. The maximum Gasteiger partial charge on any atom is 0.409 e. The summed E-state index contributed by atoms with van der Waals surface area (Å²) in [5.74, 6) is 2.45. The predicted molar refractivity (Wildman–Crippen MR) is 128 cm³/mol. The average Bonchev–Trinajstić information content (AvgIpc) is 3.36. The van der Waals surface area contributed by atoms with E-state index in [0.29, 0.717) is 19.6 Å². The molecule has 0 spiro atoms. The van der Waals surface area contributed by atoms with Gasteiger partial charge in [-0.3, -0.25) is 0 Å². The number of piperidine rings is 1. The molecule has 1 amide bonds. The second-order valence-electron chi connectivity index (χ2n) is 7.02. The zero-order valence-electron chi connectivity index (χ0n) is 17.6. The van der Waals surface area contributed by atoms with E-state index in [0.717, 1.165) is 43.4 Å². The van der Waals surface area contributed by atoms with Crippen molar-refractivity contribution in [3.63, 3.8) is 0 Å². The first-order valence-corrected chi connectivity index (χ1v) is 10.7. The van der Waals surface area contributed by atoms with Crippen molar-refractivity contribution in [1.82, 2.24) is 30.3 Å². The van der Waals surface area contributed by atoms with Crippen molar-refractivity contribution in [1.29, 1.82) is 0 Å². The zero-order valence-corrected chi connectivity index (χ0v) is 20.8. The predicted octanol–water partition coefficient (Wildman–Crippen LogP) is 2.31. The number of rotatable bonds is 6. The van der Waals surface area contributed by atoms with Gasteiger partial charge in [-0.2, -0.15) is 0 Å². The molecule has 0 aromatic carbocycles. The molecule has 0 saturated carbocycles. The molecule has 3 heterocycles. The number of nitrogens with zero attached hydrogens (tertiary/aromatic N) is 5. The summed E-state index contributed by atoms with van der Waals surface area (Å²) in [4.78, 5) is 19.5. The number of carbonyl (C=O) groups excluding carboxylic acids is 1. The molecule has 1 saturated heterocycles. The molecule has 2 N–H and O–H groups in total. The van der Waals surface area contributed by atoms with Gasteiger partial charge in [-0.25, -0.2) is 9.79 Å². The Morgan fingerprint density at radius 1 is 1.37 bits per heavy atom. The molecule has 11 heteroatoms. The van der Waals surface area contributed by atoms with Gasteiger partial charge in [0.05, 0.1) is 7.11 Å². The molecule has 0 radical (unpaired) electrons. The second-order valence-corrected chi connectivity index (χ2v) is 8.05. The van der Waals surface area contributed by atoms with Crippen molar-refractivity contribution in [2.24, 2.45) is 12.0 Å².